The summed E-state index contributed by atoms with van der Waals surface area (Å²) in [6.45, 7) is 1.66. The number of amides is 1. The summed E-state index contributed by atoms with van der Waals surface area (Å²) in [7, 11) is 1.27. The molecular formula is C12H14N2O4. The Morgan fingerprint density at radius 1 is 1.56 bits per heavy atom. The molecule has 18 heavy (non-hydrogen) atoms. The average molecular weight is 250 g/mol. The Balaban J connectivity index is 2.30. The van der Waals surface area contributed by atoms with Gasteiger partial charge in [0.1, 0.15) is 11.8 Å². The highest BCUT2D eigenvalue weighted by Gasteiger charge is 2.25. The zero-order chi connectivity index (χ0) is 13.3. The molecular weight excluding hydrogens is 236 g/mol. The summed E-state index contributed by atoms with van der Waals surface area (Å²) in [6.07, 6.45) is -0.530. The number of ether oxygens (including phenoxy) is 2. The molecule has 2 rings (SSSR count). The third-order valence-electron chi connectivity index (χ3n) is 2.75. The first-order valence-electron chi connectivity index (χ1n) is 5.48. The van der Waals surface area contributed by atoms with Crippen LogP contribution in [-0.2, 0) is 14.3 Å². The van der Waals surface area contributed by atoms with Crippen LogP contribution in [0.2, 0.25) is 0 Å². The lowest BCUT2D eigenvalue weighted by atomic mass is 10.1. The number of carbonyl (C=O) groups is 2. The Hall–Kier alpha value is -2.08. The normalized spacial score (nSPS) is 19.3. The Morgan fingerprint density at radius 3 is 2.94 bits per heavy atom. The number of anilines is 1. The van der Waals surface area contributed by atoms with E-state index >= 15 is 0 Å². The smallest absolute Gasteiger partial charge is 0.327 e. The van der Waals surface area contributed by atoms with Crippen LogP contribution >= 0.6 is 0 Å². The fraction of sp³-hybridized carbons (Fsp3) is 0.333. The molecule has 96 valence electrons. The molecule has 2 unspecified atom stereocenters. The summed E-state index contributed by atoms with van der Waals surface area (Å²) in [6, 6.07) is 4.07. The van der Waals surface area contributed by atoms with Crippen molar-refractivity contribution in [3.8, 4) is 5.75 Å². The van der Waals surface area contributed by atoms with E-state index < -0.39 is 18.1 Å². The summed E-state index contributed by atoms with van der Waals surface area (Å²) < 4.78 is 9.96. The number of methoxy groups -OCH3 is 1. The van der Waals surface area contributed by atoms with E-state index in [-0.39, 0.29) is 5.91 Å². The number of carbonyl (C=O) groups excluding carboxylic acids is 2. The van der Waals surface area contributed by atoms with E-state index in [0.717, 1.165) is 0 Å². The van der Waals surface area contributed by atoms with E-state index in [2.05, 4.69) is 10.1 Å². The molecule has 1 aliphatic rings. The van der Waals surface area contributed by atoms with Gasteiger partial charge in [-0.2, -0.15) is 0 Å². The van der Waals surface area contributed by atoms with Gasteiger partial charge in [-0.1, -0.05) is 6.07 Å². The number of hydrogen-bond acceptors (Lipinski definition) is 5. The van der Waals surface area contributed by atoms with E-state index in [4.69, 9.17) is 10.5 Å². The van der Waals surface area contributed by atoms with Crippen molar-refractivity contribution in [2.24, 2.45) is 5.73 Å². The lowest BCUT2D eigenvalue weighted by molar-refractivity contribution is -0.142. The lowest BCUT2D eigenvalue weighted by Crippen LogP contribution is -2.34. The quantitative estimate of drug-likeness (QED) is 0.749. The molecule has 1 amide bonds. The van der Waals surface area contributed by atoms with Gasteiger partial charge < -0.3 is 20.5 Å². The van der Waals surface area contributed by atoms with Crippen molar-refractivity contribution >= 4 is 17.6 Å². The monoisotopic (exact) mass is 250 g/mol. The minimum Gasteiger partial charge on any atom is -0.479 e. The second-order valence-electron chi connectivity index (χ2n) is 4.01. The number of fused-ring (bicyclic) bond motifs is 1. The lowest BCUT2D eigenvalue weighted by Gasteiger charge is -2.24. The highest BCUT2D eigenvalue weighted by Crippen LogP contribution is 2.31. The zero-order valence-corrected chi connectivity index (χ0v) is 10.1. The summed E-state index contributed by atoms with van der Waals surface area (Å²) in [4.78, 5) is 22.8. The van der Waals surface area contributed by atoms with E-state index in [1.807, 2.05) is 0 Å². The van der Waals surface area contributed by atoms with E-state index in [9.17, 15) is 9.59 Å². The molecule has 0 fully saturated rings. The maximum atomic E-state index is 11.5. The first-order valence-corrected chi connectivity index (χ1v) is 5.48. The molecule has 0 aromatic heterocycles. The zero-order valence-electron chi connectivity index (χ0n) is 10.1. The molecule has 6 nitrogen and oxygen atoms in total. The van der Waals surface area contributed by atoms with Gasteiger partial charge in [0.05, 0.1) is 12.8 Å². The molecule has 6 heteroatoms. The molecule has 1 aromatic carbocycles. The Kier molecular flexibility index (Phi) is 3.20. The first kappa shape index (κ1) is 12.4. The van der Waals surface area contributed by atoms with Crippen molar-refractivity contribution < 1.29 is 19.1 Å². The molecule has 0 spiro atoms. The van der Waals surface area contributed by atoms with Crippen LogP contribution in [0.3, 0.4) is 0 Å². The minimum absolute atomic E-state index is 0.230. The van der Waals surface area contributed by atoms with Gasteiger partial charge in [0.2, 0.25) is 0 Å². The number of benzene rings is 1. The number of rotatable bonds is 2. The van der Waals surface area contributed by atoms with E-state index in [1.165, 1.54) is 7.11 Å². The molecule has 0 saturated heterocycles. The highest BCUT2D eigenvalue weighted by molar-refractivity contribution is 5.97. The van der Waals surface area contributed by atoms with E-state index in [1.54, 1.807) is 25.1 Å². The fourth-order valence-corrected chi connectivity index (χ4v) is 1.68. The van der Waals surface area contributed by atoms with Gasteiger partial charge in [0.25, 0.3) is 5.91 Å². The predicted octanol–water partition coefficient (Wildman–Crippen LogP) is 0.579. The minimum atomic E-state index is -0.878. The molecule has 0 aliphatic carbocycles. The number of nitrogens with two attached hydrogens (primary N) is 1. The molecule has 1 aromatic rings. The summed E-state index contributed by atoms with van der Waals surface area (Å²) in [5.41, 5.74) is 6.78. The Morgan fingerprint density at radius 2 is 2.28 bits per heavy atom. The summed E-state index contributed by atoms with van der Waals surface area (Å²) in [5.74, 6) is -0.208. The number of nitrogens with one attached hydrogen (secondary N) is 1. The fourth-order valence-electron chi connectivity index (χ4n) is 1.68. The van der Waals surface area contributed by atoms with Gasteiger partial charge in [-0.25, -0.2) is 0 Å². The van der Waals surface area contributed by atoms with Crippen molar-refractivity contribution in [2.75, 3.05) is 12.4 Å². The van der Waals surface area contributed by atoms with Gasteiger partial charge >= 0.3 is 5.97 Å². The van der Waals surface area contributed by atoms with Crippen molar-refractivity contribution in [3.05, 3.63) is 23.8 Å². The average Bonchev–Trinajstić information content (AvgIpc) is 2.37. The van der Waals surface area contributed by atoms with Gasteiger partial charge in [-0.05, 0) is 24.6 Å². The van der Waals surface area contributed by atoms with Crippen LogP contribution in [0.25, 0.3) is 0 Å². The predicted molar refractivity (Wildman–Crippen MR) is 64.1 cm³/mol. The van der Waals surface area contributed by atoms with Gasteiger partial charge in [-0.15, -0.1) is 0 Å². The van der Waals surface area contributed by atoms with Gasteiger partial charge in [0, 0.05) is 0 Å². The highest BCUT2D eigenvalue weighted by atomic mass is 16.5. The molecule has 0 saturated carbocycles. The van der Waals surface area contributed by atoms with Crippen LogP contribution in [0, 0.1) is 0 Å². The van der Waals surface area contributed by atoms with Gasteiger partial charge in [-0.3, -0.25) is 9.59 Å². The van der Waals surface area contributed by atoms with Crippen LogP contribution in [0.4, 0.5) is 5.69 Å². The Labute approximate surface area is 104 Å². The summed E-state index contributed by atoms with van der Waals surface area (Å²) >= 11 is 0. The molecule has 1 aliphatic heterocycles. The van der Waals surface area contributed by atoms with Crippen LogP contribution < -0.4 is 15.8 Å². The van der Waals surface area contributed by atoms with Crippen LogP contribution in [-0.4, -0.2) is 25.1 Å². The SMILES string of the molecule is COC(=O)C(N)c1ccc2c(c1)NC(=O)C(C)O2. The maximum Gasteiger partial charge on any atom is 0.327 e. The first-order chi connectivity index (χ1) is 8.52. The van der Waals surface area contributed by atoms with Crippen LogP contribution in [0.5, 0.6) is 5.75 Å². The third-order valence-corrected chi connectivity index (χ3v) is 2.75. The maximum absolute atomic E-state index is 11.5. The van der Waals surface area contributed by atoms with Crippen molar-refractivity contribution in [3.63, 3.8) is 0 Å². The number of esters is 1. The van der Waals surface area contributed by atoms with Crippen LogP contribution in [0.15, 0.2) is 18.2 Å². The van der Waals surface area contributed by atoms with Gasteiger partial charge in [0.15, 0.2) is 6.10 Å². The van der Waals surface area contributed by atoms with Crippen molar-refractivity contribution in [2.45, 2.75) is 19.1 Å². The molecule has 3 N–H and O–H groups in total. The number of hydrogen-bond donors (Lipinski definition) is 2. The van der Waals surface area contributed by atoms with E-state index in [0.29, 0.717) is 17.0 Å². The third kappa shape index (κ3) is 2.14. The standard InChI is InChI=1S/C12H14N2O4/c1-6-11(15)14-8-5-7(3-4-9(8)18-6)10(13)12(16)17-2/h3-6,10H,13H2,1-2H3,(H,14,15). The summed E-state index contributed by atoms with van der Waals surface area (Å²) in [5, 5.41) is 2.69. The largest absolute Gasteiger partial charge is 0.479 e. The molecule has 0 radical (unpaired) electrons. The Bertz CT molecular complexity index is 501. The molecule has 0 bridgehead atoms. The molecule has 1 heterocycles. The second-order valence-corrected chi connectivity index (χ2v) is 4.01. The van der Waals surface area contributed by atoms with Crippen LogP contribution in [0.1, 0.15) is 18.5 Å². The topological polar surface area (TPSA) is 90.6 Å². The van der Waals surface area contributed by atoms with Crippen molar-refractivity contribution in [1.82, 2.24) is 0 Å². The molecule has 2 atom stereocenters. The van der Waals surface area contributed by atoms with Crippen molar-refractivity contribution in [1.29, 1.82) is 0 Å². The second kappa shape index (κ2) is 4.66.